The monoisotopic (exact) mass is 455 g/mol. The first-order valence-corrected chi connectivity index (χ1v) is 13.4. The van der Waals surface area contributed by atoms with E-state index in [-0.39, 0.29) is 10.8 Å². The zero-order valence-electron chi connectivity index (χ0n) is 22.5. The van der Waals surface area contributed by atoms with E-state index < -0.39 is 0 Å². The third kappa shape index (κ3) is 7.40. The Morgan fingerprint density at radius 1 is 0.848 bits per heavy atom. The molecule has 3 rings (SSSR count). The molecule has 0 aliphatic heterocycles. The lowest BCUT2D eigenvalue weighted by atomic mass is 9.63. The van der Waals surface area contributed by atoms with Gasteiger partial charge in [-0.05, 0) is 72.7 Å². The summed E-state index contributed by atoms with van der Waals surface area (Å²) in [6.07, 6.45) is 12.1. The van der Waals surface area contributed by atoms with Gasteiger partial charge in [0.1, 0.15) is 0 Å². The third-order valence-electron chi connectivity index (χ3n) is 7.22. The number of unbranched alkanes of at least 4 members (excludes halogenated alkanes) is 3. The van der Waals surface area contributed by atoms with Crippen LogP contribution < -0.4 is 5.73 Å². The van der Waals surface area contributed by atoms with Gasteiger partial charge in [0, 0.05) is 11.5 Å². The van der Waals surface area contributed by atoms with Crippen LogP contribution >= 0.6 is 0 Å². The molecule has 0 spiro atoms. The second-order valence-electron chi connectivity index (χ2n) is 11.1. The average molecular weight is 456 g/mol. The summed E-state index contributed by atoms with van der Waals surface area (Å²) in [5, 5.41) is 8.78. The number of rotatable bonds is 10. The van der Waals surface area contributed by atoms with Crippen LogP contribution in [0.5, 0.6) is 0 Å². The minimum Gasteiger partial charge on any atom is -0.420 e. The van der Waals surface area contributed by atoms with Gasteiger partial charge in [-0.3, -0.25) is 0 Å². The van der Waals surface area contributed by atoms with Crippen molar-refractivity contribution in [3.8, 4) is 11.5 Å². The van der Waals surface area contributed by atoms with Crippen molar-refractivity contribution in [2.24, 2.45) is 5.73 Å². The van der Waals surface area contributed by atoms with E-state index >= 15 is 0 Å². The summed E-state index contributed by atoms with van der Waals surface area (Å²) >= 11 is 0. The van der Waals surface area contributed by atoms with E-state index in [1.165, 1.54) is 49.7 Å². The van der Waals surface area contributed by atoms with Crippen molar-refractivity contribution in [3.05, 3.63) is 35.2 Å². The standard InChI is InChI=1S/C23H34N2O.C6H15N/c1-7-9-16(10-8-2)20-24-25-21(26-20)17-11-12-18-19(15-17)23(5,6)14-13-22(18,3)4;1-2-3-4-5-6-7/h11-12,15-16H,7-10,13-14H2,1-6H3;2-7H2,1H3. The van der Waals surface area contributed by atoms with Crippen LogP contribution in [0.25, 0.3) is 11.5 Å². The normalized spacial score (nSPS) is 16.3. The van der Waals surface area contributed by atoms with Gasteiger partial charge in [-0.1, -0.05) is 86.6 Å². The molecule has 0 fully saturated rings. The third-order valence-corrected chi connectivity index (χ3v) is 7.22. The maximum atomic E-state index is 6.13. The fraction of sp³-hybridized carbons (Fsp3) is 0.724. The van der Waals surface area contributed by atoms with Gasteiger partial charge in [0.05, 0.1) is 0 Å². The van der Waals surface area contributed by atoms with E-state index in [2.05, 4.69) is 76.9 Å². The topological polar surface area (TPSA) is 64.9 Å². The minimum atomic E-state index is 0.191. The molecule has 186 valence electrons. The Kier molecular flexibility index (Phi) is 10.6. The van der Waals surface area contributed by atoms with Crippen molar-refractivity contribution in [2.75, 3.05) is 6.54 Å². The van der Waals surface area contributed by atoms with E-state index in [9.17, 15) is 0 Å². The highest BCUT2D eigenvalue weighted by molar-refractivity contribution is 5.58. The Morgan fingerprint density at radius 3 is 2.06 bits per heavy atom. The Labute approximate surface area is 203 Å². The molecule has 0 atom stereocenters. The van der Waals surface area contributed by atoms with Crippen LogP contribution in [0.1, 0.15) is 136 Å². The molecule has 1 heterocycles. The zero-order valence-corrected chi connectivity index (χ0v) is 22.5. The fourth-order valence-electron chi connectivity index (χ4n) is 4.90. The Bertz CT molecular complexity index is 827. The van der Waals surface area contributed by atoms with Gasteiger partial charge in [-0.2, -0.15) is 0 Å². The molecule has 4 nitrogen and oxygen atoms in total. The molecule has 2 aromatic rings. The second-order valence-corrected chi connectivity index (χ2v) is 11.1. The largest absolute Gasteiger partial charge is 0.420 e. The molecule has 2 N–H and O–H groups in total. The summed E-state index contributed by atoms with van der Waals surface area (Å²) in [4.78, 5) is 0. The highest BCUT2D eigenvalue weighted by atomic mass is 16.4. The van der Waals surface area contributed by atoms with Crippen LogP contribution in [-0.2, 0) is 10.8 Å². The summed E-state index contributed by atoms with van der Waals surface area (Å²) in [5.41, 5.74) is 9.65. The van der Waals surface area contributed by atoms with E-state index in [4.69, 9.17) is 10.2 Å². The molecule has 0 saturated carbocycles. The maximum Gasteiger partial charge on any atom is 0.247 e. The van der Waals surface area contributed by atoms with E-state index in [1.54, 1.807) is 0 Å². The zero-order chi connectivity index (χ0) is 24.5. The van der Waals surface area contributed by atoms with Crippen molar-refractivity contribution in [3.63, 3.8) is 0 Å². The van der Waals surface area contributed by atoms with Crippen LogP contribution in [0.2, 0.25) is 0 Å². The second kappa shape index (κ2) is 12.7. The first kappa shape index (κ1) is 27.6. The molecule has 0 unspecified atom stereocenters. The average Bonchev–Trinajstić information content (AvgIpc) is 3.28. The predicted molar refractivity (Wildman–Crippen MR) is 141 cm³/mol. The molecule has 1 aliphatic carbocycles. The Morgan fingerprint density at radius 2 is 1.48 bits per heavy atom. The van der Waals surface area contributed by atoms with E-state index in [1.807, 2.05) is 0 Å². The predicted octanol–water partition coefficient (Wildman–Crippen LogP) is 8.29. The molecule has 0 radical (unpaired) electrons. The summed E-state index contributed by atoms with van der Waals surface area (Å²) < 4.78 is 6.13. The van der Waals surface area contributed by atoms with Gasteiger partial charge in [0.2, 0.25) is 11.8 Å². The van der Waals surface area contributed by atoms with Gasteiger partial charge >= 0.3 is 0 Å². The first-order chi connectivity index (χ1) is 15.7. The molecule has 0 amide bonds. The number of nitrogens with two attached hydrogens (primary N) is 1. The fourth-order valence-corrected chi connectivity index (χ4v) is 4.90. The smallest absolute Gasteiger partial charge is 0.247 e. The van der Waals surface area contributed by atoms with Gasteiger partial charge in [-0.25, -0.2) is 0 Å². The minimum absolute atomic E-state index is 0.191. The molecule has 1 aliphatic rings. The number of hydrogen-bond donors (Lipinski definition) is 1. The van der Waals surface area contributed by atoms with Crippen LogP contribution in [0, 0.1) is 0 Å². The SMILES string of the molecule is CCCC(CCC)c1nnc(-c2ccc3c(c2)C(C)(C)CCC3(C)C)o1.CCCCCCN. The van der Waals surface area contributed by atoms with Crippen molar-refractivity contribution in [1.29, 1.82) is 0 Å². The molecule has 0 saturated heterocycles. The quantitative estimate of drug-likeness (QED) is 0.366. The summed E-state index contributed by atoms with van der Waals surface area (Å²) in [7, 11) is 0. The number of benzene rings is 1. The highest BCUT2D eigenvalue weighted by Crippen LogP contribution is 2.46. The van der Waals surface area contributed by atoms with Crippen molar-refractivity contribution < 1.29 is 4.42 Å². The Hall–Kier alpha value is -1.68. The van der Waals surface area contributed by atoms with Gasteiger partial charge < -0.3 is 10.2 Å². The van der Waals surface area contributed by atoms with E-state index in [0.717, 1.165) is 43.7 Å². The van der Waals surface area contributed by atoms with Crippen LogP contribution in [0.3, 0.4) is 0 Å². The molecule has 4 heteroatoms. The van der Waals surface area contributed by atoms with Crippen LogP contribution in [-0.4, -0.2) is 16.7 Å². The lowest BCUT2D eigenvalue weighted by Gasteiger charge is -2.41. The lowest BCUT2D eigenvalue weighted by molar-refractivity contribution is 0.332. The lowest BCUT2D eigenvalue weighted by Crippen LogP contribution is -2.33. The van der Waals surface area contributed by atoms with Crippen LogP contribution in [0.15, 0.2) is 22.6 Å². The molecular formula is C29H49N3O. The van der Waals surface area contributed by atoms with E-state index in [0.29, 0.717) is 11.8 Å². The number of fused-ring (bicyclic) bond motifs is 1. The van der Waals surface area contributed by atoms with Gasteiger partial charge in [0.15, 0.2) is 0 Å². The molecule has 1 aromatic heterocycles. The number of nitrogens with zero attached hydrogens (tertiary/aromatic N) is 2. The van der Waals surface area contributed by atoms with Gasteiger partial charge in [-0.15, -0.1) is 10.2 Å². The summed E-state index contributed by atoms with van der Waals surface area (Å²) in [6, 6.07) is 6.74. The summed E-state index contributed by atoms with van der Waals surface area (Å²) in [6.45, 7) is 16.9. The highest BCUT2D eigenvalue weighted by Gasteiger charge is 2.37. The van der Waals surface area contributed by atoms with Crippen molar-refractivity contribution in [1.82, 2.24) is 10.2 Å². The van der Waals surface area contributed by atoms with Crippen molar-refractivity contribution >= 4 is 0 Å². The summed E-state index contributed by atoms with van der Waals surface area (Å²) in [5.74, 6) is 1.86. The molecule has 1 aromatic carbocycles. The van der Waals surface area contributed by atoms with Crippen molar-refractivity contribution in [2.45, 2.75) is 129 Å². The number of aromatic nitrogens is 2. The number of hydrogen-bond acceptors (Lipinski definition) is 4. The molecule has 33 heavy (non-hydrogen) atoms. The van der Waals surface area contributed by atoms with Crippen LogP contribution in [0.4, 0.5) is 0 Å². The van der Waals surface area contributed by atoms with Gasteiger partial charge in [0.25, 0.3) is 0 Å². The molecular weight excluding hydrogens is 406 g/mol. The maximum absolute atomic E-state index is 6.13. The molecule has 0 bridgehead atoms. The Balaban J connectivity index is 0.000000479. The first-order valence-electron chi connectivity index (χ1n) is 13.4.